The van der Waals surface area contributed by atoms with Gasteiger partial charge < -0.3 is 18.9 Å². The van der Waals surface area contributed by atoms with Crippen LogP contribution in [0.15, 0.2) is 51.9 Å². The monoisotopic (exact) mass is 719 g/mol. The standard InChI is InChI=1S/C34H40F3N5O7S/c1-23(2)22-50(45,46)28-9-5-4-8-27(28)48-26-11-10-24(20-25(26)34(35,36)37)30-38-29(49-39-30)21-41-31(43)33(12-6-3-7-13-33)42(32(41)44)15-14-40-16-18-47-19-17-40/h4-5,8-11,20,23H,3,6-7,12-19,21-22H2,1-2H3. The van der Waals surface area contributed by atoms with E-state index < -0.39 is 38.9 Å². The second-order valence-corrected chi connectivity index (χ2v) is 15.3. The number of ether oxygens (including phenoxy) is 2. The molecule has 3 fully saturated rings. The molecule has 50 heavy (non-hydrogen) atoms. The minimum atomic E-state index is -4.89. The molecule has 2 aromatic carbocycles. The summed E-state index contributed by atoms with van der Waals surface area (Å²) in [5.41, 5.74) is -2.19. The number of para-hydroxylation sites is 1. The average Bonchev–Trinajstić information content (AvgIpc) is 3.62. The topological polar surface area (TPSA) is 135 Å². The predicted octanol–water partition coefficient (Wildman–Crippen LogP) is 5.78. The van der Waals surface area contributed by atoms with Crippen molar-refractivity contribution in [3.8, 4) is 22.9 Å². The van der Waals surface area contributed by atoms with E-state index in [2.05, 4.69) is 15.0 Å². The molecule has 1 saturated carbocycles. The maximum absolute atomic E-state index is 14.3. The lowest BCUT2D eigenvalue weighted by atomic mass is 9.80. The number of morpholine rings is 1. The number of hydrogen-bond acceptors (Lipinski definition) is 10. The minimum Gasteiger partial charge on any atom is -0.455 e. The summed E-state index contributed by atoms with van der Waals surface area (Å²) < 4.78 is 85.4. The molecule has 1 aromatic heterocycles. The highest BCUT2D eigenvalue weighted by molar-refractivity contribution is 7.91. The number of halogens is 3. The van der Waals surface area contributed by atoms with Crippen molar-refractivity contribution in [2.45, 2.75) is 69.1 Å². The van der Waals surface area contributed by atoms with Gasteiger partial charge in [-0.25, -0.2) is 13.2 Å². The fraction of sp³-hybridized carbons (Fsp3) is 0.529. The van der Waals surface area contributed by atoms with Crippen LogP contribution in [0, 0.1) is 5.92 Å². The van der Waals surface area contributed by atoms with Gasteiger partial charge in [0, 0.05) is 31.7 Å². The summed E-state index contributed by atoms with van der Waals surface area (Å²) in [5, 5.41) is 3.85. The number of nitrogens with zero attached hydrogens (tertiary/aromatic N) is 5. The highest BCUT2D eigenvalue weighted by Crippen LogP contribution is 2.43. The molecule has 2 saturated heterocycles. The Morgan fingerprint density at radius 1 is 0.980 bits per heavy atom. The fourth-order valence-electron chi connectivity index (χ4n) is 6.91. The molecule has 0 radical (unpaired) electrons. The summed E-state index contributed by atoms with van der Waals surface area (Å²) >= 11 is 0. The molecular formula is C34H40F3N5O7S. The van der Waals surface area contributed by atoms with Gasteiger partial charge in [-0.3, -0.25) is 14.6 Å². The highest BCUT2D eigenvalue weighted by Gasteiger charge is 2.57. The van der Waals surface area contributed by atoms with Crippen LogP contribution in [0.1, 0.15) is 57.4 Å². The molecule has 0 atom stereocenters. The second-order valence-electron chi connectivity index (χ2n) is 13.3. The first-order chi connectivity index (χ1) is 23.8. The van der Waals surface area contributed by atoms with Crippen LogP contribution in [0.5, 0.6) is 11.5 Å². The van der Waals surface area contributed by atoms with Gasteiger partial charge in [-0.05, 0) is 49.1 Å². The summed E-state index contributed by atoms with van der Waals surface area (Å²) in [5.74, 6) is -1.90. The summed E-state index contributed by atoms with van der Waals surface area (Å²) in [6.45, 7) is 6.81. The van der Waals surface area contributed by atoms with E-state index in [-0.39, 0.29) is 52.0 Å². The van der Waals surface area contributed by atoms with E-state index in [1.807, 2.05) is 0 Å². The number of sulfone groups is 1. The van der Waals surface area contributed by atoms with Crippen LogP contribution < -0.4 is 4.74 Å². The number of rotatable bonds is 11. The normalized spacial score (nSPS) is 18.8. The molecule has 0 bridgehead atoms. The zero-order chi connectivity index (χ0) is 35.7. The summed E-state index contributed by atoms with van der Waals surface area (Å²) in [7, 11) is -3.85. The Balaban J connectivity index is 1.23. The number of hydrogen-bond donors (Lipinski definition) is 0. The molecule has 270 valence electrons. The number of aromatic nitrogens is 2. The third-order valence-electron chi connectivity index (χ3n) is 9.31. The number of imide groups is 1. The largest absolute Gasteiger partial charge is 0.455 e. The number of carbonyl (C=O) groups is 2. The van der Waals surface area contributed by atoms with Crippen molar-refractivity contribution in [2.24, 2.45) is 5.92 Å². The molecule has 12 nitrogen and oxygen atoms in total. The first-order valence-electron chi connectivity index (χ1n) is 16.8. The van der Waals surface area contributed by atoms with Crippen LogP contribution >= 0.6 is 0 Å². The van der Waals surface area contributed by atoms with Gasteiger partial charge in [0.25, 0.3) is 5.91 Å². The third kappa shape index (κ3) is 7.37. The molecule has 6 rings (SSSR count). The smallest absolute Gasteiger partial charge is 0.420 e. The number of alkyl halides is 3. The van der Waals surface area contributed by atoms with Gasteiger partial charge in [-0.15, -0.1) is 0 Å². The molecule has 0 unspecified atom stereocenters. The number of benzene rings is 2. The molecular weight excluding hydrogens is 679 g/mol. The zero-order valence-electron chi connectivity index (χ0n) is 27.9. The molecule has 1 spiro atoms. The summed E-state index contributed by atoms with van der Waals surface area (Å²) in [6.07, 6.45) is -1.19. The Labute approximate surface area is 288 Å². The lowest BCUT2D eigenvalue weighted by Gasteiger charge is -2.39. The van der Waals surface area contributed by atoms with Crippen molar-refractivity contribution in [3.63, 3.8) is 0 Å². The fourth-order valence-corrected chi connectivity index (χ4v) is 8.67. The Hall–Kier alpha value is -4.02. The van der Waals surface area contributed by atoms with Crippen LogP contribution in [0.2, 0.25) is 0 Å². The van der Waals surface area contributed by atoms with Crippen LogP contribution in [0.4, 0.5) is 18.0 Å². The summed E-state index contributed by atoms with van der Waals surface area (Å²) in [4.78, 5) is 36.6. The van der Waals surface area contributed by atoms with Crippen molar-refractivity contribution >= 4 is 21.8 Å². The molecule has 3 heterocycles. The van der Waals surface area contributed by atoms with Gasteiger partial charge in [0.2, 0.25) is 11.7 Å². The number of urea groups is 1. The van der Waals surface area contributed by atoms with Gasteiger partial charge in [0.15, 0.2) is 9.84 Å². The van der Waals surface area contributed by atoms with Crippen molar-refractivity contribution < 1.29 is 45.2 Å². The van der Waals surface area contributed by atoms with Crippen molar-refractivity contribution in [3.05, 3.63) is 53.9 Å². The van der Waals surface area contributed by atoms with Crippen LogP contribution in [0.3, 0.4) is 0 Å². The first kappa shape index (κ1) is 35.8. The first-order valence-corrected chi connectivity index (χ1v) is 18.4. The van der Waals surface area contributed by atoms with Gasteiger partial charge in [-0.2, -0.15) is 18.2 Å². The Bertz CT molecular complexity index is 1820. The highest BCUT2D eigenvalue weighted by atomic mass is 32.2. The molecule has 3 aliphatic rings. The van der Waals surface area contributed by atoms with Gasteiger partial charge in [0.1, 0.15) is 28.5 Å². The lowest BCUT2D eigenvalue weighted by Crippen LogP contribution is -2.53. The molecule has 0 N–H and O–H groups in total. The van der Waals surface area contributed by atoms with Crippen LogP contribution in [-0.2, 0) is 32.1 Å². The molecule has 3 aromatic rings. The third-order valence-corrected chi connectivity index (χ3v) is 11.4. The Kier molecular flexibility index (Phi) is 10.2. The van der Waals surface area contributed by atoms with Gasteiger partial charge in [-0.1, -0.05) is 50.4 Å². The van der Waals surface area contributed by atoms with Gasteiger partial charge in [0.05, 0.1) is 24.5 Å². The van der Waals surface area contributed by atoms with Crippen LogP contribution in [-0.4, -0.2) is 95.9 Å². The van der Waals surface area contributed by atoms with E-state index in [1.165, 1.54) is 30.3 Å². The predicted molar refractivity (Wildman–Crippen MR) is 174 cm³/mol. The van der Waals surface area contributed by atoms with E-state index >= 15 is 0 Å². The van der Waals surface area contributed by atoms with Gasteiger partial charge >= 0.3 is 12.2 Å². The average molecular weight is 720 g/mol. The number of carbonyl (C=O) groups excluding carboxylic acids is 2. The van der Waals surface area contributed by atoms with Crippen molar-refractivity contribution in [2.75, 3.05) is 45.1 Å². The van der Waals surface area contributed by atoms with Crippen LogP contribution in [0.25, 0.3) is 11.4 Å². The van der Waals surface area contributed by atoms with E-state index in [4.69, 9.17) is 14.0 Å². The van der Waals surface area contributed by atoms with Crippen molar-refractivity contribution in [1.29, 1.82) is 0 Å². The molecule has 16 heteroatoms. The van der Waals surface area contributed by atoms with E-state index in [9.17, 15) is 31.2 Å². The molecule has 1 aliphatic carbocycles. The molecule has 2 aliphatic heterocycles. The zero-order valence-corrected chi connectivity index (χ0v) is 28.8. The second kappa shape index (κ2) is 14.3. The van der Waals surface area contributed by atoms with E-state index in [1.54, 1.807) is 18.7 Å². The van der Waals surface area contributed by atoms with Crippen molar-refractivity contribution in [1.82, 2.24) is 24.8 Å². The maximum Gasteiger partial charge on any atom is 0.420 e. The Morgan fingerprint density at radius 3 is 2.40 bits per heavy atom. The minimum absolute atomic E-state index is 0.0599. The quantitative estimate of drug-likeness (QED) is 0.225. The van der Waals surface area contributed by atoms with E-state index in [0.717, 1.165) is 49.4 Å². The summed E-state index contributed by atoms with van der Waals surface area (Å²) in [6, 6.07) is 8.23. The number of amides is 3. The molecule has 3 amide bonds. The Morgan fingerprint density at radius 2 is 1.70 bits per heavy atom. The van der Waals surface area contributed by atoms with E-state index in [0.29, 0.717) is 39.1 Å². The maximum atomic E-state index is 14.3. The SMILES string of the molecule is CC(C)CS(=O)(=O)c1ccccc1Oc1ccc(-c2noc(CN3C(=O)N(CCN4CCOCC4)C4(CCCCC4)C3=O)n2)cc1C(F)(F)F. The lowest BCUT2D eigenvalue weighted by molar-refractivity contribution is -0.138.